The molecule has 2 N–H and O–H groups in total. The fourth-order valence-electron chi connectivity index (χ4n) is 5.70. The molecule has 0 fully saturated rings. The summed E-state index contributed by atoms with van der Waals surface area (Å²) >= 11 is 0. The molecule has 0 aliphatic carbocycles. The zero-order valence-corrected chi connectivity index (χ0v) is 25.7. The van der Waals surface area contributed by atoms with E-state index in [4.69, 9.17) is 0 Å². The van der Waals surface area contributed by atoms with E-state index in [0.717, 1.165) is 25.3 Å². The molecule has 0 radical (unpaired) electrons. The van der Waals surface area contributed by atoms with Crippen molar-refractivity contribution in [3.05, 3.63) is 115 Å². The number of carbonyl (C=O) groups is 2. The van der Waals surface area contributed by atoms with E-state index < -0.39 is 26.3 Å². The van der Waals surface area contributed by atoms with Gasteiger partial charge in [-0.15, -0.1) is 0 Å². The SMILES string of the molecule is C=CC(=O)/C(CO)=C(/CO)C(=O)CCCCCCCCCCC[P+](c1ccccc1)(c1ccccc1)c1ccccc1. The third-order valence-electron chi connectivity index (χ3n) is 7.99. The van der Waals surface area contributed by atoms with Crippen molar-refractivity contribution < 1.29 is 19.8 Å². The fraction of sp³-hybridized carbons (Fsp3) is 0.351. The van der Waals surface area contributed by atoms with Gasteiger partial charge >= 0.3 is 0 Å². The highest BCUT2D eigenvalue weighted by molar-refractivity contribution is 7.95. The number of hydrogen-bond donors (Lipinski definition) is 2. The minimum Gasteiger partial charge on any atom is -0.392 e. The van der Waals surface area contributed by atoms with Gasteiger partial charge in [0.25, 0.3) is 0 Å². The third kappa shape index (κ3) is 9.16. The van der Waals surface area contributed by atoms with Gasteiger partial charge in [0.15, 0.2) is 11.6 Å². The summed E-state index contributed by atoms with van der Waals surface area (Å²) in [6.07, 6.45) is 12.4. The molecule has 0 aromatic heterocycles. The van der Waals surface area contributed by atoms with Crippen molar-refractivity contribution in [1.29, 1.82) is 0 Å². The van der Waals surface area contributed by atoms with E-state index >= 15 is 0 Å². The quantitative estimate of drug-likeness (QED) is 0.0904. The maximum absolute atomic E-state index is 12.5. The fourth-order valence-corrected chi connectivity index (χ4v) is 10.1. The average Bonchev–Trinajstić information content (AvgIpc) is 3.05. The molecule has 0 aliphatic heterocycles. The monoisotopic (exact) mass is 585 g/mol. The summed E-state index contributed by atoms with van der Waals surface area (Å²) in [5.41, 5.74) is -0.0335. The predicted molar refractivity (Wildman–Crippen MR) is 178 cm³/mol. The summed E-state index contributed by atoms with van der Waals surface area (Å²) in [4.78, 5) is 24.3. The Kier molecular flexibility index (Phi) is 14.6. The topological polar surface area (TPSA) is 74.6 Å². The van der Waals surface area contributed by atoms with Crippen molar-refractivity contribution in [2.75, 3.05) is 19.4 Å². The highest BCUT2D eigenvalue weighted by Gasteiger charge is 2.44. The molecule has 0 atom stereocenters. The number of rotatable bonds is 20. The lowest BCUT2D eigenvalue weighted by Crippen LogP contribution is -2.33. The minimum atomic E-state index is -1.74. The minimum absolute atomic E-state index is 0.0145. The molecule has 0 unspecified atom stereocenters. The van der Waals surface area contributed by atoms with Crippen molar-refractivity contribution in [3.8, 4) is 0 Å². The first-order valence-corrected chi connectivity index (χ1v) is 17.2. The summed E-state index contributed by atoms with van der Waals surface area (Å²) in [5, 5.41) is 23.3. The molecular formula is C37H46O4P+. The Hall–Kier alpha value is -3.17. The number of Topliss-reactive ketones (excluding diaryl/α,β-unsaturated/α-hetero) is 1. The lowest BCUT2D eigenvalue weighted by atomic mass is 9.97. The molecule has 3 aromatic rings. The molecule has 0 saturated heterocycles. The molecule has 0 bridgehead atoms. The van der Waals surface area contributed by atoms with Crippen molar-refractivity contribution >= 4 is 34.7 Å². The van der Waals surface area contributed by atoms with Crippen LogP contribution in [-0.4, -0.2) is 41.2 Å². The smallest absolute Gasteiger partial charge is 0.184 e. The van der Waals surface area contributed by atoms with Gasteiger partial charge in [0.1, 0.15) is 23.2 Å². The molecule has 3 rings (SSSR count). The van der Waals surface area contributed by atoms with E-state index in [0.29, 0.717) is 6.42 Å². The zero-order chi connectivity index (χ0) is 30.0. The van der Waals surface area contributed by atoms with Gasteiger partial charge in [0.2, 0.25) is 0 Å². The summed E-state index contributed by atoms with van der Waals surface area (Å²) in [6.45, 7) is 2.28. The second kappa shape index (κ2) is 18.4. The summed E-state index contributed by atoms with van der Waals surface area (Å²) in [6, 6.07) is 33.2. The van der Waals surface area contributed by atoms with E-state index in [2.05, 4.69) is 97.6 Å². The number of aliphatic hydroxyl groups excluding tert-OH is 2. The third-order valence-corrected chi connectivity index (χ3v) is 12.5. The molecule has 4 nitrogen and oxygen atoms in total. The summed E-state index contributed by atoms with van der Waals surface area (Å²) in [7, 11) is -1.74. The zero-order valence-electron chi connectivity index (χ0n) is 24.8. The molecule has 3 aromatic carbocycles. The van der Waals surface area contributed by atoms with Crippen molar-refractivity contribution in [2.45, 2.75) is 64.2 Å². The molecule has 0 aliphatic rings. The Balaban J connectivity index is 1.45. The number of aliphatic hydroxyl groups is 2. The van der Waals surface area contributed by atoms with Crippen LogP contribution in [0.15, 0.2) is 115 Å². The van der Waals surface area contributed by atoms with Crippen LogP contribution in [0.5, 0.6) is 0 Å². The van der Waals surface area contributed by atoms with Crippen LogP contribution < -0.4 is 15.9 Å². The molecule has 42 heavy (non-hydrogen) atoms. The maximum atomic E-state index is 12.5. The van der Waals surface area contributed by atoms with Crippen LogP contribution in [0.25, 0.3) is 0 Å². The van der Waals surface area contributed by atoms with E-state index in [-0.39, 0.29) is 23.4 Å². The Morgan fingerprint density at radius 1 is 0.571 bits per heavy atom. The second-order valence-corrected chi connectivity index (χ2v) is 14.4. The molecular weight excluding hydrogens is 539 g/mol. The van der Waals surface area contributed by atoms with Crippen LogP contribution in [0, 0.1) is 0 Å². The maximum Gasteiger partial charge on any atom is 0.184 e. The first-order chi connectivity index (χ1) is 20.6. The molecule has 0 saturated carbocycles. The van der Waals surface area contributed by atoms with Gasteiger partial charge in [-0.3, -0.25) is 9.59 Å². The van der Waals surface area contributed by atoms with Gasteiger partial charge < -0.3 is 10.2 Å². The van der Waals surface area contributed by atoms with Gasteiger partial charge in [-0.25, -0.2) is 0 Å². The molecule has 0 amide bonds. The largest absolute Gasteiger partial charge is 0.392 e. The summed E-state index contributed by atoms with van der Waals surface area (Å²) < 4.78 is 0. The number of hydrogen-bond acceptors (Lipinski definition) is 4. The Labute approximate surface area is 252 Å². The average molecular weight is 586 g/mol. The first kappa shape index (κ1) is 33.3. The molecule has 5 heteroatoms. The number of carbonyl (C=O) groups excluding carboxylic acids is 2. The van der Waals surface area contributed by atoms with Crippen LogP contribution in [0.3, 0.4) is 0 Å². The van der Waals surface area contributed by atoms with Crippen LogP contribution in [0.2, 0.25) is 0 Å². The van der Waals surface area contributed by atoms with Gasteiger partial charge in [0.05, 0.1) is 19.4 Å². The van der Waals surface area contributed by atoms with E-state index in [1.165, 1.54) is 54.2 Å². The Morgan fingerprint density at radius 2 is 0.952 bits per heavy atom. The molecule has 0 spiro atoms. The Bertz CT molecular complexity index is 1170. The number of ketones is 2. The second-order valence-electron chi connectivity index (χ2n) is 10.7. The summed E-state index contributed by atoms with van der Waals surface area (Å²) in [5.74, 6) is -0.778. The first-order valence-electron chi connectivity index (χ1n) is 15.3. The van der Waals surface area contributed by atoms with Gasteiger partial charge in [-0.05, 0) is 61.7 Å². The van der Waals surface area contributed by atoms with Gasteiger partial charge in [-0.2, -0.15) is 0 Å². The normalized spacial score (nSPS) is 12.0. The number of unbranched alkanes of at least 4 members (excludes halogenated alkanes) is 8. The highest BCUT2D eigenvalue weighted by Crippen LogP contribution is 2.56. The van der Waals surface area contributed by atoms with Crippen molar-refractivity contribution in [2.24, 2.45) is 0 Å². The lowest BCUT2D eigenvalue weighted by molar-refractivity contribution is -0.117. The predicted octanol–water partition coefficient (Wildman–Crippen LogP) is 6.49. The van der Waals surface area contributed by atoms with E-state index in [1.54, 1.807) is 0 Å². The van der Waals surface area contributed by atoms with Crippen LogP contribution >= 0.6 is 7.26 Å². The van der Waals surface area contributed by atoms with Gasteiger partial charge in [0, 0.05) is 17.6 Å². The lowest BCUT2D eigenvalue weighted by Gasteiger charge is -2.27. The van der Waals surface area contributed by atoms with E-state index in [1.807, 2.05) is 0 Å². The number of benzene rings is 3. The van der Waals surface area contributed by atoms with Crippen LogP contribution in [-0.2, 0) is 9.59 Å². The van der Waals surface area contributed by atoms with Crippen molar-refractivity contribution in [1.82, 2.24) is 0 Å². The van der Waals surface area contributed by atoms with Crippen LogP contribution in [0.4, 0.5) is 0 Å². The van der Waals surface area contributed by atoms with Gasteiger partial charge in [-0.1, -0.05) is 99.7 Å². The van der Waals surface area contributed by atoms with E-state index in [9.17, 15) is 19.8 Å². The molecule has 222 valence electrons. The molecule has 0 heterocycles. The highest BCUT2D eigenvalue weighted by atomic mass is 31.2. The Morgan fingerprint density at radius 3 is 1.33 bits per heavy atom. The van der Waals surface area contributed by atoms with Crippen molar-refractivity contribution in [3.63, 3.8) is 0 Å². The van der Waals surface area contributed by atoms with Crippen LogP contribution in [0.1, 0.15) is 64.2 Å². The number of allylic oxidation sites excluding steroid dienone is 1. The standard InChI is InChI=1S/C37H46O4P/c1-2-36(40)34(29-38)35(30-39)37(41)27-19-8-6-4-3-5-7-9-20-28-42(31-21-13-10-14-22-31,32-23-15-11-16-24-32)33-25-17-12-18-26-33/h2,10-18,21-26,38-39H,1,3-9,19-20,27-30H2/q+1/b35-34-.